The first-order valence-corrected chi connectivity index (χ1v) is 15.8. The van der Waals surface area contributed by atoms with E-state index in [0.29, 0.717) is 18.8 Å². The van der Waals surface area contributed by atoms with Crippen molar-refractivity contribution in [2.75, 3.05) is 6.61 Å². The summed E-state index contributed by atoms with van der Waals surface area (Å²) in [6, 6.07) is 0. The van der Waals surface area contributed by atoms with Crippen molar-refractivity contribution in [1.29, 1.82) is 0 Å². The van der Waals surface area contributed by atoms with Crippen LogP contribution in [0.15, 0.2) is 46.6 Å². The molecule has 0 aromatic carbocycles. The van der Waals surface area contributed by atoms with Crippen molar-refractivity contribution >= 4 is 5.78 Å². The van der Waals surface area contributed by atoms with E-state index in [-0.39, 0.29) is 40.7 Å². The van der Waals surface area contributed by atoms with Crippen LogP contribution in [-0.2, 0) is 14.3 Å². The van der Waals surface area contributed by atoms with Crippen LogP contribution >= 0.6 is 0 Å². The van der Waals surface area contributed by atoms with Crippen molar-refractivity contribution in [1.82, 2.24) is 0 Å². The Morgan fingerprint density at radius 3 is 2.36 bits per heavy atom. The zero-order valence-electron chi connectivity index (χ0n) is 26.9. The lowest BCUT2D eigenvalue weighted by atomic mass is 9.43. The predicted molar refractivity (Wildman–Crippen MR) is 163 cm³/mol. The third-order valence-electron chi connectivity index (χ3n) is 11.4. The molecule has 42 heavy (non-hydrogen) atoms. The Kier molecular flexibility index (Phi) is 9.84. The lowest BCUT2D eigenvalue weighted by Gasteiger charge is -2.62. The van der Waals surface area contributed by atoms with Gasteiger partial charge in [0.15, 0.2) is 12.1 Å². The summed E-state index contributed by atoms with van der Waals surface area (Å²) in [5.74, 6) is 0.926. The highest BCUT2D eigenvalue weighted by Crippen LogP contribution is 2.69. The Morgan fingerprint density at radius 1 is 1.00 bits per heavy atom. The Bertz CT molecular complexity index is 1140. The van der Waals surface area contributed by atoms with Crippen LogP contribution in [0.25, 0.3) is 0 Å². The van der Waals surface area contributed by atoms with Gasteiger partial charge in [-0.3, -0.25) is 4.79 Å². The average Bonchev–Trinajstić information content (AvgIpc) is 3.19. The molecule has 1 saturated heterocycles. The topological polar surface area (TPSA) is 116 Å². The molecule has 0 bridgehead atoms. The van der Waals surface area contributed by atoms with Crippen LogP contribution in [0.3, 0.4) is 0 Å². The Hall–Kier alpha value is -1.61. The van der Waals surface area contributed by atoms with E-state index in [2.05, 4.69) is 33.8 Å². The normalized spacial score (nSPS) is 42.2. The fourth-order valence-electron chi connectivity index (χ4n) is 8.86. The van der Waals surface area contributed by atoms with E-state index in [0.717, 1.165) is 48.0 Å². The molecule has 3 aliphatic carbocycles. The highest BCUT2D eigenvalue weighted by atomic mass is 16.7. The molecular formula is C35H54O7. The second kappa shape index (κ2) is 12.4. The standard InChI is InChI=1S/C35H54O7/c1-20(2)12-13-25(42-32-31(40)30(39)24(37)19-41-32)21(3)10-9-11-22(4)29-23(36)18-27-34(7)17-15-28(38)33(5,6)26(34)14-16-35(27,29)8/h9-12,24-28,30-32,37-40H,13-19H2,1-8H3/b11-9+,21-10+,29-22+/t24-,25-,26+,27+,28-,30-,31-,32-,34+,35+/m1/s1. The van der Waals surface area contributed by atoms with E-state index in [4.69, 9.17) is 9.47 Å². The van der Waals surface area contributed by atoms with Gasteiger partial charge in [0.2, 0.25) is 0 Å². The predicted octanol–water partition coefficient (Wildman–Crippen LogP) is 5.18. The molecule has 0 radical (unpaired) electrons. The summed E-state index contributed by atoms with van der Waals surface area (Å²) < 4.78 is 11.6. The molecule has 1 aliphatic heterocycles. The largest absolute Gasteiger partial charge is 0.393 e. The van der Waals surface area contributed by atoms with Gasteiger partial charge in [0, 0.05) is 17.4 Å². The van der Waals surface area contributed by atoms with Crippen molar-refractivity contribution in [3.63, 3.8) is 0 Å². The molecule has 7 nitrogen and oxygen atoms in total. The van der Waals surface area contributed by atoms with Gasteiger partial charge in [-0.25, -0.2) is 0 Å². The molecule has 4 rings (SSSR count). The summed E-state index contributed by atoms with van der Waals surface area (Å²) in [6.45, 7) is 17.0. The van der Waals surface area contributed by atoms with Gasteiger partial charge >= 0.3 is 0 Å². The van der Waals surface area contributed by atoms with Gasteiger partial charge in [0.05, 0.1) is 18.8 Å². The third-order valence-corrected chi connectivity index (χ3v) is 11.4. The molecule has 0 aromatic heterocycles. The van der Waals surface area contributed by atoms with Crippen LogP contribution < -0.4 is 0 Å². The maximum Gasteiger partial charge on any atom is 0.186 e. The van der Waals surface area contributed by atoms with E-state index >= 15 is 0 Å². The summed E-state index contributed by atoms with van der Waals surface area (Å²) in [4.78, 5) is 13.6. The van der Waals surface area contributed by atoms with Crippen LogP contribution in [-0.4, -0.2) is 69.6 Å². The van der Waals surface area contributed by atoms with Gasteiger partial charge in [-0.2, -0.15) is 0 Å². The summed E-state index contributed by atoms with van der Waals surface area (Å²) in [6.07, 6.45) is 7.30. The van der Waals surface area contributed by atoms with Gasteiger partial charge in [-0.15, -0.1) is 0 Å². The molecule has 10 atom stereocenters. The molecule has 0 aromatic rings. The lowest BCUT2D eigenvalue weighted by Crippen LogP contribution is -2.57. The first-order chi connectivity index (χ1) is 19.5. The van der Waals surface area contributed by atoms with Gasteiger partial charge in [0.1, 0.15) is 18.3 Å². The van der Waals surface area contributed by atoms with E-state index in [1.165, 1.54) is 0 Å². The molecule has 4 N–H and O–H groups in total. The molecule has 0 spiro atoms. The van der Waals surface area contributed by atoms with Gasteiger partial charge in [-0.05, 0) is 93.6 Å². The van der Waals surface area contributed by atoms with Crippen molar-refractivity contribution in [2.24, 2.45) is 28.1 Å². The van der Waals surface area contributed by atoms with Crippen LogP contribution in [0.2, 0.25) is 0 Å². The number of aliphatic hydroxyl groups is 4. The molecule has 4 aliphatic rings. The second-order valence-electron chi connectivity index (χ2n) is 14.8. The van der Waals surface area contributed by atoms with Crippen molar-refractivity contribution in [3.8, 4) is 0 Å². The third kappa shape index (κ3) is 6.02. The number of ether oxygens (including phenoxy) is 2. The number of rotatable bonds is 7. The SMILES string of the molecule is CC(C)=CC[C@@H](O[C@H]1OC[C@@H](O)[C@@H](O)[C@H]1O)/C(C)=C/C=C/C(C)=C1\C(=O)C[C@H]2[C@@]3(C)CC[C@@H](O)C(C)(C)[C@@H]3CC[C@]12C. The summed E-state index contributed by atoms with van der Waals surface area (Å²) in [5, 5.41) is 41.1. The number of ketones is 1. The maximum absolute atomic E-state index is 13.6. The molecule has 4 fully saturated rings. The minimum atomic E-state index is -1.35. The zero-order valence-corrected chi connectivity index (χ0v) is 26.9. The molecule has 1 heterocycles. The summed E-state index contributed by atoms with van der Waals surface area (Å²) in [5.41, 5.74) is 3.70. The Labute approximate surface area is 252 Å². The fraction of sp³-hybridized carbons (Fsp3) is 0.743. The number of Topliss-reactive ketones (excluding diaryl/α,β-unsaturated/α-hetero) is 1. The fourth-order valence-corrected chi connectivity index (χ4v) is 8.86. The first-order valence-electron chi connectivity index (χ1n) is 15.8. The molecular weight excluding hydrogens is 532 g/mol. The number of hydrogen-bond donors (Lipinski definition) is 4. The Morgan fingerprint density at radius 2 is 1.69 bits per heavy atom. The lowest BCUT2D eigenvalue weighted by molar-refractivity contribution is -0.278. The molecule has 3 saturated carbocycles. The van der Waals surface area contributed by atoms with Gasteiger partial charge in [-0.1, -0.05) is 57.6 Å². The average molecular weight is 587 g/mol. The Balaban J connectivity index is 1.56. The van der Waals surface area contributed by atoms with Crippen LogP contribution in [0.4, 0.5) is 0 Å². The smallest absolute Gasteiger partial charge is 0.186 e. The van der Waals surface area contributed by atoms with Gasteiger partial charge in [0.25, 0.3) is 0 Å². The molecule has 0 amide bonds. The van der Waals surface area contributed by atoms with Crippen LogP contribution in [0.1, 0.15) is 93.9 Å². The van der Waals surface area contributed by atoms with Crippen LogP contribution in [0.5, 0.6) is 0 Å². The van der Waals surface area contributed by atoms with E-state index in [9.17, 15) is 25.2 Å². The van der Waals surface area contributed by atoms with E-state index in [1.54, 1.807) is 0 Å². The molecule has 236 valence electrons. The number of fused-ring (bicyclic) bond motifs is 3. The minimum absolute atomic E-state index is 0.0263. The second-order valence-corrected chi connectivity index (χ2v) is 14.8. The van der Waals surface area contributed by atoms with Crippen molar-refractivity contribution < 1.29 is 34.7 Å². The quantitative estimate of drug-likeness (QED) is 0.185. The number of aliphatic hydroxyl groups excluding tert-OH is 4. The van der Waals surface area contributed by atoms with E-state index < -0.39 is 30.7 Å². The highest BCUT2D eigenvalue weighted by Gasteiger charge is 2.64. The van der Waals surface area contributed by atoms with Crippen molar-refractivity contribution in [3.05, 3.63) is 46.6 Å². The minimum Gasteiger partial charge on any atom is -0.393 e. The van der Waals surface area contributed by atoms with Gasteiger partial charge < -0.3 is 29.9 Å². The van der Waals surface area contributed by atoms with Crippen molar-refractivity contribution in [2.45, 2.75) is 131 Å². The number of carbonyl (C=O) groups excluding carboxylic acids is 1. The molecule has 7 heteroatoms. The monoisotopic (exact) mass is 586 g/mol. The number of carbonyl (C=O) groups is 1. The number of hydrogen-bond acceptors (Lipinski definition) is 7. The molecule has 0 unspecified atom stereocenters. The number of allylic oxidation sites excluding steroid dienone is 6. The summed E-state index contributed by atoms with van der Waals surface area (Å²) >= 11 is 0. The van der Waals surface area contributed by atoms with E-state index in [1.807, 2.05) is 45.9 Å². The zero-order chi connectivity index (χ0) is 31.2. The first kappa shape index (κ1) is 33.3. The highest BCUT2D eigenvalue weighted by molar-refractivity contribution is 6.00. The summed E-state index contributed by atoms with van der Waals surface area (Å²) in [7, 11) is 0. The van der Waals surface area contributed by atoms with Crippen LogP contribution in [0, 0.1) is 28.1 Å². The maximum atomic E-state index is 13.6.